The molecular weight excluding hydrogens is 444 g/mol. The van der Waals surface area contributed by atoms with E-state index in [9.17, 15) is 18.0 Å². The average Bonchev–Trinajstić information content (AvgIpc) is 3.58. The number of thiol groups is 1. The number of benzene rings is 2. The monoisotopic (exact) mass is 472 g/mol. The van der Waals surface area contributed by atoms with Gasteiger partial charge in [-0.2, -0.15) is 0 Å². The Morgan fingerprint density at radius 2 is 2.00 bits per heavy atom. The summed E-state index contributed by atoms with van der Waals surface area (Å²) in [6.07, 6.45) is 2.89. The number of rotatable bonds is 11. The maximum atomic E-state index is 13.7. The van der Waals surface area contributed by atoms with E-state index in [1.807, 2.05) is 31.2 Å². The summed E-state index contributed by atoms with van der Waals surface area (Å²) >= 11 is 0. The van der Waals surface area contributed by atoms with E-state index < -0.39 is 16.7 Å². The van der Waals surface area contributed by atoms with Crippen LogP contribution in [0.5, 0.6) is 11.5 Å². The van der Waals surface area contributed by atoms with E-state index >= 15 is 0 Å². The quantitative estimate of drug-likeness (QED) is 0.399. The Morgan fingerprint density at radius 3 is 2.64 bits per heavy atom. The fraction of sp³-hybridized carbons (Fsp3) is 0.417. The molecule has 0 bridgehead atoms. The molecule has 0 saturated heterocycles. The van der Waals surface area contributed by atoms with Crippen LogP contribution in [0.25, 0.3) is 0 Å². The number of hydrogen-bond acceptors (Lipinski definition) is 6. The van der Waals surface area contributed by atoms with Gasteiger partial charge in [-0.25, -0.2) is 8.42 Å². The van der Waals surface area contributed by atoms with Crippen LogP contribution < -0.4 is 14.4 Å². The molecule has 2 aromatic rings. The Bertz CT molecular complexity index is 1120. The first-order chi connectivity index (χ1) is 16.0. The lowest BCUT2D eigenvalue weighted by molar-refractivity contribution is -0.107. The van der Waals surface area contributed by atoms with Crippen molar-refractivity contribution in [3.8, 4) is 11.5 Å². The summed E-state index contributed by atoms with van der Waals surface area (Å²) in [6, 6.07) is 10.6. The first-order valence-corrected chi connectivity index (χ1v) is 12.4. The highest BCUT2D eigenvalue weighted by atomic mass is 32.2. The summed E-state index contributed by atoms with van der Waals surface area (Å²) in [7, 11) is -1.05. The van der Waals surface area contributed by atoms with Gasteiger partial charge in [0.25, 0.3) is 5.91 Å². The molecule has 0 radical (unpaired) electrons. The normalized spacial score (nSPS) is 16.0. The zero-order chi connectivity index (χ0) is 23.5. The Labute approximate surface area is 195 Å². The molecule has 2 amide bonds. The third-order valence-corrected chi connectivity index (χ3v) is 6.73. The lowest BCUT2D eigenvalue weighted by Gasteiger charge is -2.29. The van der Waals surface area contributed by atoms with Crippen molar-refractivity contribution in [3.05, 3.63) is 53.1 Å². The van der Waals surface area contributed by atoms with Crippen LogP contribution in [0.1, 0.15) is 53.7 Å². The van der Waals surface area contributed by atoms with Gasteiger partial charge in [0.1, 0.15) is 10.7 Å². The third kappa shape index (κ3) is 4.68. The first-order valence-electron chi connectivity index (χ1n) is 11.1. The number of carbonyl (C=O) groups excluding carboxylic acids is 2. The average molecular weight is 473 g/mol. The van der Waals surface area contributed by atoms with E-state index in [-0.39, 0.29) is 24.1 Å². The minimum atomic E-state index is -2.60. The lowest BCUT2D eigenvalue weighted by atomic mass is 10.0. The molecule has 176 valence electrons. The van der Waals surface area contributed by atoms with Crippen LogP contribution in [0.15, 0.2) is 36.4 Å². The molecular formula is C24H28N2O6S. The number of fused-ring (bicyclic) bond motifs is 1. The molecule has 9 heteroatoms. The summed E-state index contributed by atoms with van der Waals surface area (Å²) in [6.45, 7) is 2.65. The van der Waals surface area contributed by atoms with Crippen molar-refractivity contribution >= 4 is 28.7 Å². The van der Waals surface area contributed by atoms with Crippen LogP contribution >= 0.6 is 0 Å². The van der Waals surface area contributed by atoms with Gasteiger partial charge in [-0.3, -0.25) is 9.59 Å². The standard InChI is InChI=1S/C24H28N2O6S/c1-3-32-22-13-16(7-10-21(22)31-2)19(11-12-33(29)30)25-14-17-5-4-6-20(23(17)24(25)28)26(15-27)18-8-9-18/h4-7,10,13,15,18-19,33H,3,8-9,11-12,14H2,1-2H3. The molecule has 1 aliphatic heterocycles. The van der Waals surface area contributed by atoms with Crippen molar-refractivity contribution in [2.24, 2.45) is 0 Å². The second-order valence-electron chi connectivity index (χ2n) is 8.19. The molecule has 1 unspecified atom stereocenters. The number of amides is 2. The second kappa shape index (κ2) is 9.82. The molecule has 1 saturated carbocycles. The highest BCUT2D eigenvalue weighted by Crippen LogP contribution is 2.41. The van der Waals surface area contributed by atoms with Crippen LogP contribution in [-0.4, -0.2) is 51.1 Å². The van der Waals surface area contributed by atoms with Gasteiger partial charge in [0, 0.05) is 18.3 Å². The zero-order valence-corrected chi connectivity index (χ0v) is 19.6. The van der Waals surface area contributed by atoms with Gasteiger partial charge in [0.15, 0.2) is 11.5 Å². The van der Waals surface area contributed by atoms with E-state index in [4.69, 9.17) is 9.47 Å². The number of carbonyl (C=O) groups is 2. The van der Waals surface area contributed by atoms with Gasteiger partial charge in [-0.1, -0.05) is 18.2 Å². The first kappa shape index (κ1) is 23.1. The van der Waals surface area contributed by atoms with Crippen molar-refractivity contribution < 1.29 is 27.5 Å². The molecule has 2 aromatic carbocycles. The summed E-state index contributed by atoms with van der Waals surface area (Å²) in [5.74, 6) is 0.859. The number of anilines is 1. The maximum absolute atomic E-state index is 13.7. The topological polar surface area (TPSA) is 93.2 Å². The molecule has 1 heterocycles. The van der Waals surface area contributed by atoms with Crippen LogP contribution in [-0.2, 0) is 22.0 Å². The number of nitrogens with zero attached hydrogens (tertiary/aromatic N) is 2. The highest BCUT2D eigenvalue weighted by Gasteiger charge is 2.39. The van der Waals surface area contributed by atoms with Gasteiger partial charge in [-0.15, -0.1) is 0 Å². The predicted octanol–water partition coefficient (Wildman–Crippen LogP) is 2.92. The summed E-state index contributed by atoms with van der Waals surface area (Å²) in [5.41, 5.74) is 2.75. The molecule has 1 fully saturated rings. The Balaban J connectivity index is 1.72. The van der Waals surface area contributed by atoms with Gasteiger partial charge >= 0.3 is 0 Å². The summed E-state index contributed by atoms with van der Waals surface area (Å²) in [4.78, 5) is 28.8. The van der Waals surface area contributed by atoms with Crippen molar-refractivity contribution in [3.63, 3.8) is 0 Å². The number of hydrogen-bond donors (Lipinski definition) is 1. The van der Waals surface area contributed by atoms with Gasteiger partial charge in [0.05, 0.1) is 31.0 Å². The highest BCUT2D eigenvalue weighted by molar-refractivity contribution is 7.72. The minimum absolute atomic E-state index is 0.0501. The van der Waals surface area contributed by atoms with E-state index in [1.54, 1.807) is 29.0 Å². The second-order valence-corrected chi connectivity index (χ2v) is 9.30. The smallest absolute Gasteiger partial charge is 0.257 e. The number of methoxy groups -OCH3 is 1. The Hall–Kier alpha value is -3.07. The molecule has 33 heavy (non-hydrogen) atoms. The van der Waals surface area contributed by atoms with E-state index in [2.05, 4.69) is 0 Å². The SMILES string of the molecule is CCOc1cc(C(CC[SH](=O)=O)N2Cc3cccc(N(C=O)C4CC4)c3C2=O)ccc1OC. The van der Waals surface area contributed by atoms with Crippen molar-refractivity contribution in [2.45, 2.75) is 44.8 Å². The lowest BCUT2D eigenvalue weighted by Crippen LogP contribution is -2.31. The van der Waals surface area contributed by atoms with Crippen molar-refractivity contribution in [1.82, 2.24) is 4.90 Å². The van der Waals surface area contributed by atoms with Gasteiger partial charge in [0.2, 0.25) is 6.41 Å². The van der Waals surface area contributed by atoms with Crippen LogP contribution in [0.4, 0.5) is 5.69 Å². The van der Waals surface area contributed by atoms with E-state index in [0.29, 0.717) is 35.9 Å². The van der Waals surface area contributed by atoms with Crippen LogP contribution in [0.2, 0.25) is 0 Å². The van der Waals surface area contributed by atoms with Crippen molar-refractivity contribution in [1.29, 1.82) is 0 Å². The molecule has 0 N–H and O–H groups in total. The fourth-order valence-electron chi connectivity index (χ4n) is 4.42. The minimum Gasteiger partial charge on any atom is -0.493 e. The molecule has 4 rings (SSSR count). The van der Waals surface area contributed by atoms with E-state index in [1.165, 1.54) is 0 Å². The maximum Gasteiger partial charge on any atom is 0.257 e. The zero-order valence-electron chi connectivity index (χ0n) is 18.7. The molecule has 1 aliphatic carbocycles. The third-order valence-electron chi connectivity index (χ3n) is 6.11. The molecule has 0 spiro atoms. The summed E-state index contributed by atoms with van der Waals surface area (Å²) < 4.78 is 33.9. The Morgan fingerprint density at radius 1 is 1.21 bits per heavy atom. The number of ether oxygens (including phenoxy) is 2. The molecule has 8 nitrogen and oxygen atoms in total. The molecule has 2 aliphatic rings. The summed E-state index contributed by atoms with van der Waals surface area (Å²) in [5, 5.41) is 0. The van der Waals surface area contributed by atoms with Crippen LogP contribution in [0.3, 0.4) is 0 Å². The van der Waals surface area contributed by atoms with Gasteiger partial charge in [-0.05, 0) is 55.5 Å². The Kier molecular flexibility index (Phi) is 6.88. The van der Waals surface area contributed by atoms with Crippen LogP contribution in [0, 0.1) is 0 Å². The molecule has 1 atom stereocenters. The van der Waals surface area contributed by atoms with Crippen molar-refractivity contribution in [2.75, 3.05) is 24.4 Å². The largest absolute Gasteiger partial charge is 0.493 e. The predicted molar refractivity (Wildman–Crippen MR) is 125 cm³/mol. The van der Waals surface area contributed by atoms with E-state index in [0.717, 1.165) is 30.4 Å². The fourth-order valence-corrected chi connectivity index (χ4v) is 4.88. The molecule has 0 aromatic heterocycles. The van der Waals surface area contributed by atoms with Gasteiger partial charge < -0.3 is 19.3 Å².